The Balaban J connectivity index is 2.41. The number of phenols is 1. The van der Waals surface area contributed by atoms with Gasteiger partial charge in [0.15, 0.2) is 5.16 Å². The molecule has 1 atom stereocenters. The minimum atomic E-state index is -4.63. The molecule has 3 N–H and O–H groups in total. The second-order valence-corrected chi connectivity index (χ2v) is 8.85. The summed E-state index contributed by atoms with van der Waals surface area (Å²) in [5.74, 6) is -0.405. The maximum Gasteiger partial charge on any atom is 0.345 e. The number of esters is 1. The molecule has 0 spiro atoms. The van der Waals surface area contributed by atoms with Gasteiger partial charge in [-0.05, 0) is 39.2 Å². The highest BCUT2D eigenvalue weighted by molar-refractivity contribution is 7.53. The van der Waals surface area contributed by atoms with Crippen LogP contribution in [-0.4, -0.2) is 33.1 Å². The summed E-state index contributed by atoms with van der Waals surface area (Å²) in [5, 5.41) is 17.9. The van der Waals surface area contributed by atoms with Crippen LogP contribution in [-0.2, 0) is 22.3 Å². The molecule has 8 nitrogen and oxygen atoms in total. The number of hydrogen-bond donors (Lipinski definition) is 3. The van der Waals surface area contributed by atoms with Gasteiger partial charge in [0.2, 0.25) is 0 Å². The molecule has 0 aliphatic carbocycles. The Kier molecular flexibility index (Phi) is 5.71. The van der Waals surface area contributed by atoms with Crippen LogP contribution >= 0.6 is 7.60 Å². The van der Waals surface area contributed by atoms with Crippen molar-refractivity contribution in [1.29, 1.82) is 5.26 Å². The molecule has 146 valence electrons. The summed E-state index contributed by atoms with van der Waals surface area (Å²) in [6.45, 7) is 4.68. The van der Waals surface area contributed by atoms with Gasteiger partial charge in [0.1, 0.15) is 23.7 Å². The first-order valence-corrected chi connectivity index (χ1v) is 9.79. The first-order valence-electron chi connectivity index (χ1n) is 8.17. The van der Waals surface area contributed by atoms with Crippen LogP contribution in [0.4, 0.5) is 0 Å². The molecular weight excluding hydrogens is 373 g/mol. The van der Waals surface area contributed by atoms with E-state index < -0.39 is 18.7 Å². The normalized spacial score (nSPS) is 16.3. The first-order chi connectivity index (χ1) is 12.5. The highest BCUT2D eigenvalue weighted by Gasteiger charge is 2.43. The Hall–Kier alpha value is -2.33. The van der Waals surface area contributed by atoms with Crippen LogP contribution in [0.5, 0.6) is 11.5 Å². The van der Waals surface area contributed by atoms with Crippen molar-refractivity contribution >= 4 is 13.6 Å². The fourth-order valence-electron chi connectivity index (χ4n) is 3.13. The number of allylic oxidation sites excluding steroid dienone is 2. The van der Waals surface area contributed by atoms with Crippen molar-refractivity contribution < 1.29 is 33.7 Å². The lowest BCUT2D eigenvalue weighted by molar-refractivity contribution is 0.0533. The average Bonchev–Trinajstić information content (AvgIpc) is 2.97. The Morgan fingerprint density at radius 1 is 1.48 bits per heavy atom. The molecule has 1 unspecified atom stereocenters. The molecule has 0 amide bonds. The molecule has 2 rings (SSSR count). The average molecular weight is 395 g/mol. The standard InChI is InChI=1S/C18H22NO7P/c1-10(7-18(3,9-19)27(22,23)24)5-6-12-15(20)14-13(8-26-17(14)21)11(2)16(12)25-4/h5,20H,6-8H2,1-4H3,(H2,22,23,24)/b10-5+. The van der Waals surface area contributed by atoms with Crippen LogP contribution in [0, 0.1) is 18.3 Å². The summed E-state index contributed by atoms with van der Waals surface area (Å²) in [6, 6.07) is 1.69. The second-order valence-electron chi connectivity index (χ2n) is 6.78. The van der Waals surface area contributed by atoms with E-state index in [4.69, 9.17) is 9.47 Å². The van der Waals surface area contributed by atoms with E-state index in [-0.39, 0.29) is 30.8 Å². The van der Waals surface area contributed by atoms with Crippen LogP contribution in [0.2, 0.25) is 0 Å². The molecule has 1 aliphatic rings. The van der Waals surface area contributed by atoms with Crippen LogP contribution in [0.15, 0.2) is 11.6 Å². The summed E-state index contributed by atoms with van der Waals surface area (Å²) < 4.78 is 22.0. The number of benzene rings is 1. The molecule has 1 aromatic rings. The van der Waals surface area contributed by atoms with E-state index in [9.17, 15) is 29.5 Å². The Morgan fingerprint density at radius 2 is 2.11 bits per heavy atom. The number of methoxy groups -OCH3 is 1. The summed E-state index contributed by atoms with van der Waals surface area (Å²) in [4.78, 5) is 30.7. The van der Waals surface area contributed by atoms with Gasteiger partial charge in [0.05, 0.1) is 13.2 Å². The third-order valence-corrected chi connectivity index (χ3v) is 6.35. The number of ether oxygens (including phenoxy) is 2. The van der Waals surface area contributed by atoms with Crippen molar-refractivity contribution in [3.8, 4) is 17.6 Å². The molecule has 9 heteroatoms. The van der Waals surface area contributed by atoms with E-state index in [0.29, 0.717) is 28.0 Å². The van der Waals surface area contributed by atoms with Gasteiger partial charge in [-0.3, -0.25) is 4.57 Å². The molecule has 0 bridgehead atoms. The molecule has 0 saturated carbocycles. The molecule has 0 aromatic heterocycles. The number of carbonyl (C=O) groups excluding carboxylic acids is 1. The number of hydrogen-bond acceptors (Lipinski definition) is 6. The van der Waals surface area contributed by atoms with E-state index in [1.165, 1.54) is 14.0 Å². The summed E-state index contributed by atoms with van der Waals surface area (Å²) >= 11 is 0. The number of nitrogens with zero attached hydrogens (tertiary/aromatic N) is 1. The van der Waals surface area contributed by atoms with Crippen molar-refractivity contribution in [2.45, 2.75) is 45.4 Å². The highest BCUT2D eigenvalue weighted by Crippen LogP contribution is 2.53. The molecule has 0 radical (unpaired) electrons. The van der Waals surface area contributed by atoms with E-state index in [1.54, 1.807) is 26.0 Å². The van der Waals surface area contributed by atoms with Gasteiger partial charge < -0.3 is 24.4 Å². The van der Waals surface area contributed by atoms with Crippen LogP contribution < -0.4 is 4.74 Å². The zero-order valence-corrected chi connectivity index (χ0v) is 16.5. The number of nitriles is 1. The number of aromatic hydroxyl groups is 1. The minimum Gasteiger partial charge on any atom is -0.507 e. The third kappa shape index (κ3) is 3.72. The van der Waals surface area contributed by atoms with Gasteiger partial charge in [-0.15, -0.1) is 0 Å². The lowest BCUT2D eigenvalue weighted by Gasteiger charge is -2.23. The SMILES string of the molecule is COc1c(C)c2c(c(O)c1C/C=C(\C)CC(C)(C#N)P(=O)(O)O)C(=O)OC2. The number of rotatable bonds is 6. The summed E-state index contributed by atoms with van der Waals surface area (Å²) in [5.41, 5.74) is 2.32. The third-order valence-electron chi connectivity index (χ3n) is 4.81. The van der Waals surface area contributed by atoms with Crippen molar-refractivity contribution in [2.24, 2.45) is 0 Å². The maximum absolute atomic E-state index is 11.9. The van der Waals surface area contributed by atoms with Crippen molar-refractivity contribution in [3.63, 3.8) is 0 Å². The highest BCUT2D eigenvalue weighted by atomic mass is 31.2. The van der Waals surface area contributed by atoms with Crippen molar-refractivity contribution in [3.05, 3.63) is 33.9 Å². The summed E-state index contributed by atoms with van der Waals surface area (Å²) in [6.07, 6.45) is 1.67. The number of phenolic OH excluding ortho intramolecular Hbond substituents is 1. The molecule has 0 saturated heterocycles. The maximum atomic E-state index is 11.9. The molecular formula is C18H22NO7P. The van der Waals surface area contributed by atoms with Gasteiger partial charge in [0, 0.05) is 11.1 Å². The summed E-state index contributed by atoms with van der Waals surface area (Å²) in [7, 11) is -3.18. The van der Waals surface area contributed by atoms with Gasteiger partial charge >= 0.3 is 13.6 Å². The Bertz CT molecular complexity index is 910. The van der Waals surface area contributed by atoms with E-state index in [2.05, 4.69) is 0 Å². The predicted molar refractivity (Wildman–Crippen MR) is 96.7 cm³/mol. The topological polar surface area (TPSA) is 137 Å². The largest absolute Gasteiger partial charge is 0.507 e. The van der Waals surface area contributed by atoms with Crippen molar-refractivity contribution in [1.82, 2.24) is 0 Å². The van der Waals surface area contributed by atoms with Gasteiger partial charge in [-0.2, -0.15) is 5.26 Å². The molecule has 1 heterocycles. The molecule has 1 aliphatic heterocycles. The minimum absolute atomic E-state index is 0.0713. The van der Waals surface area contributed by atoms with Crippen LogP contribution in [0.3, 0.4) is 0 Å². The van der Waals surface area contributed by atoms with E-state index >= 15 is 0 Å². The number of carbonyl (C=O) groups is 1. The quantitative estimate of drug-likeness (QED) is 0.380. The van der Waals surface area contributed by atoms with Gasteiger partial charge in [0.25, 0.3) is 0 Å². The monoisotopic (exact) mass is 395 g/mol. The zero-order valence-electron chi connectivity index (χ0n) is 15.6. The van der Waals surface area contributed by atoms with Crippen LogP contribution in [0.25, 0.3) is 0 Å². The smallest absolute Gasteiger partial charge is 0.345 e. The zero-order chi connectivity index (χ0) is 20.6. The number of cyclic esters (lactones) is 1. The lowest BCUT2D eigenvalue weighted by Crippen LogP contribution is -2.22. The van der Waals surface area contributed by atoms with Gasteiger partial charge in [-0.1, -0.05) is 11.6 Å². The van der Waals surface area contributed by atoms with E-state index in [0.717, 1.165) is 0 Å². The molecule has 0 fully saturated rings. The molecule has 1 aromatic carbocycles. The Labute approximate surface area is 157 Å². The molecule has 27 heavy (non-hydrogen) atoms. The fraction of sp³-hybridized carbons (Fsp3) is 0.444. The first kappa shape index (κ1) is 21.0. The second kappa shape index (κ2) is 7.35. The Morgan fingerprint density at radius 3 is 2.63 bits per heavy atom. The van der Waals surface area contributed by atoms with Crippen molar-refractivity contribution in [2.75, 3.05) is 7.11 Å². The van der Waals surface area contributed by atoms with Crippen LogP contribution in [0.1, 0.15) is 47.3 Å². The van der Waals surface area contributed by atoms with E-state index in [1.807, 2.05) is 0 Å². The fourth-order valence-corrected chi connectivity index (χ4v) is 3.71. The van der Waals surface area contributed by atoms with Gasteiger partial charge in [-0.25, -0.2) is 4.79 Å². The number of fused-ring (bicyclic) bond motifs is 1. The predicted octanol–water partition coefficient (Wildman–Crippen LogP) is 2.72. The lowest BCUT2D eigenvalue weighted by atomic mass is 9.94.